The SMILES string of the molecule is CCNCc1cc(C)cc(-c2ccc3c(c2)c(-c2nc4c(-c5cccs5)cncc4[nH]2)nn3C)c1. The van der Waals surface area contributed by atoms with Crippen LogP contribution in [0.1, 0.15) is 18.1 Å². The number of fused-ring (bicyclic) bond motifs is 2. The van der Waals surface area contributed by atoms with Crippen LogP contribution < -0.4 is 5.32 Å². The summed E-state index contributed by atoms with van der Waals surface area (Å²) in [6.45, 7) is 6.10. The Morgan fingerprint density at radius 2 is 1.97 bits per heavy atom. The molecular formula is C28H26N6S. The fourth-order valence-electron chi connectivity index (χ4n) is 4.68. The van der Waals surface area contributed by atoms with Crippen molar-refractivity contribution in [3.05, 3.63) is 77.4 Å². The van der Waals surface area contributed by atoms with Crippen molar-refractivity contribution >= 4 is 33.3 Å². The van der Waals surface area contributed by atoms with Gasteiger partial charge in [-0.2, -0.15) is 5.10 Å². The smallest absolute Gasteiger partial charge is 0.159 e. The number of imidazole rings is 1. The van der Waals surface area contributed by atoms with Crippen molar-refractivity contribution in [2.75, 3.05) is 6.54 Å². The summed E-state index contributed by atoms with van der Waals surface area (Å²) < 4.78 is 1.92. The van der Waals surface area contributed by atoms with Crippen LogP contribution in [-0.2, 0) is 13.6 Å². The van der Waals surface area contributed by atoms with Gasteiger partial charge in [0.2, 0.25) is 0 Å². The van der Waals surface area contributed by atoms with Crippen molar-refractivity contribution in [1.82, 2.24) is 30.0 Å². The van der Waals surface area contributed by atoms with E-state index in [1.54, 1.807) is 11.3 Å². The highest BCUT2D eigenvalue weighted by Gasteiger charge is 2.18. The highest BCUT2D eigenvalue weighted by molar-refractivity contribution is 7.13. The van der Waals surface area contributed by atoms with E-state index in [4.69, 9.17) is 10.1 Å². The van der Waals surface area contributed by atoms with Gasteiger partial charge in [-0.1, -0.05) is 36.8 Å². The predicted octanol–water partition coefficient (Wildman–Crippen LogP) is 6.33. The van der Waals surface area contributed by atoms with Gasteiger partial charge in [0.05, 0.1) is 17.2 Å². The lowest BCUT2D eigenvalue weighted by atomic mass is 9.98. The number of pyridine rings is 1. The topological polar surface area (TPSA) is 71.4 Å². The van der Waals surface area contributed by atoms with Crippen LogP contribution in [0.2, 0.25) is 0 Å². The standard InChI is InChI=1S/C28H26N6S/c1-4-29-14-18-10-17(2)11-20(12-18)19-7-8-24-21(13-19)27(33-34(24)3)28-31-23-16-30-15-22(26(23)32-28)25-6-5-9-35-25/h5-13,15-16,29H,4,14H2,1-3H3,(H,31,32). The number of rotatable bonds is 6. The van der Waals surface area contributed by atoms with Gasteiger partial charge in [-0.05, 0) is 59.8 Å². The van der Waals surface area contributed by atoms with Crippen molar-refractivity contribution in [2.45, 2.75) is 20.4 Å². The van der Waals surface area contributed by atoms with Gasteiger partial charge in [0.15, 0.2) is 5.82 Å². The van der Waals surface area contributed by atoms with E-state index in [0.29, 0.717) is 0 Å². The highest BCUT2D eigenvalue weighted by atomic mass is 32.1. The van der Waals surface area contributed by atoms with E-state index in [1.165, 1.54) is 22.3 Å². The molecular weight excluding hydrogens is 452 g/mol. The van der Waals surface area contributed by atoms with E-state index in [1.807, 2.05) is 24.1 Å². The zero-order valence-electron chi connectivity index (χ0n) is 20.0. The molecule has 0 saturated heterocycles. The normalized spacial score (nSPS) is 11.6. The Kier molecular flexibility index (Phi) is 5.43. The maximum atomic E-state index is 4.99. The van der Waals surface area contributed by atoms with Crippen LogP contribution in [0.15, 0.2) is 66.3 Å². The Labute approximate surface area is 207 Å². The number of nitrogens with zero attached hydrogens (tertiary/aromatic N) is 4. The van der Waals surface area contributed by atoms with Gasteiger partial charge < -0.3 is 10.3 Å². The second-order valence-corrected chi connectivity index (χ2v) is 9.79. The lowest BCUT2D eigenvalue weighted by molar-refractivity contribution is 0.726. The Balaban J connectivity index is 1.48. The van der Waals surface area contributed by atoms with E-state index < -0.39 is 0 Å². The number of thiophene rings is 1. The second-order valence-electron chi connectivity index (χ2n) is 8.84. The summed E-state index contributed by atoms with van der Waals surface area (Å²) in [5.74, 6) is 0.755. The fraction of sp³-hybridized carbons (Fsp3) is 0.179. The molecule has 0 fully saturated rings. The molecule has 0 amide bonds. The zero-order valence-corrected chi connectivity index (χ0v) is 20.8. The van der Waals surface area contributed by atoms with Gasteiger partial charge in [-0.25, -0.2) is 4.98 Å². The van der Waals surface area contributed by atoms with Crippen LogP contribution in [0.5, 0.6) is 0 Å². The summed E-state index contributed by atoms with van der Waals surface area (Å²) in [5.41, 5.74) is 9.71. The first-order chi connectivity index (χ1) is 17.1. The first-order valence-corrected chi connectivity index (χ1v) is 12.6. The van der Waals surface area contributed by atoms with Crippen LogP contribution in [0.4, 0.5) is 0 Å². The van der Waals surface area contributed by atoms with Gasteiger partial charge in [0, 0.05) is 35.6 Å². The first-order valence-electron chi connectivity index (χ1n) is 11.8. The summed E-state index contributed by atoms with van der Waals surface area (Å²) in [6.07, 6.45) is 3.72. The predicted molar refractivity (Wildman–Crippen MR) is 144 cm³/mol. The van der Waals surface area contributed by atoms with Crippen LogP contribution in [0.25, 0.3) is 55.0 Å². The lowest BCUT2D eigenvalue weighted by Crippen LogP contribution is -2.11. The van der Waals surface area contributed by atoms with Crippen molar-refractivity contribution in [1.29, 1.82) is 0 Å². The van der Waals surface area contributed by atoms with E-state index in [-0.39, 0.29) is 0 Å². The van der Waals surface area contributed by atoms with Crippen molar-refractivity contribution < 1.29 is 0 Å². The number of aryl methyl sites for hydroxylation is 2. The lowest BCUT2D eigenvalue weighted by Gasteiger charge is -2.09. The molecule has 6 aromatic rings. The Morgan fingerprint density at radius 3 is 2.80 bits per heavy atom. The minimum atomic E-state index is 0.755. The second kappa shape index (κ2) is 8.76. The molecule has 6 nitrogen and oxygen atoms in total. The highest BCUT2D eigenvalue weighted by Crippen LogP contribution is 2.34. The Bertz CT molecular complexity index is 1660. The Morgan fingerprint density at radius 1 is 1.06 bits per heavy atom. The third kappa shape index (κ3) is 3.92. The van der Waals surface area contributed by atoms with E-state index in [2.05, 4.69) is 83.0 Å². The van der Waals surface area contributed by atoms with Crippen LogP contribution >= 0.6 is 11.3 Å². The molecule has 7 heteroatoms. The molecule has 0 saturated carbocycles. The molecule has 174 valence electrons. The van der Waals surface area contributed by atoms with Crippen molar-refractivity contribution in [3.63, 3.8) is 0 Å². The molecule has 0 unspecified atom stereocenters. The number of nitrogens with one attached hydrogen (secondary N) is 2. The quantitative estimate of drug-likeness (QED) is 0.294. The maximum absolute atomic E-state index is 4.99. The summed E-state index contributed by atoms with van der Waals surface area (Å²) >= 11 is 1.69. The van der Waals surface area contributed by atoms with Crippen LogP contribution in [-0.4, -0.2) is 31.3 Å². The summed E-state index contributed by atoms with van der Waals surface area (Å²) in [5, 5.41) is 11.4. The summed E-state index contributed by atoms with van der Waals surface area (Å²) in [4.78, 5) is 14.1. The fourth-order valence-corrected chi connectivity index (χ4v) is 5.42. The molecule has 0 radical (unpaired) electrons. The molecule has 0 aliphatic heterocycles. The van der Waals surface area contributed by atoms with Gasteiger partial charge in [-0.15, -0.1) is 11.3 Å². The molecule has 4 heterocycles. The third-order valence-corrected chi connectivity index (χ3v) is 7.21. The average Bonchev–Trinajstić information content (AvgIpc) is 3.61. The average molecular weight is 479 g/mol. The number of aromatic amines is 1. The van der Waals surface area contributed by atoms with Crippen LogP contribution in [0.3, 0.4) is 0 Å². The molecule has 2 aromatic carbocycles. The molecule has 0 atom stereocenters. The minimum absolute atomic E-state index is 0.755. The molecule has 35 heavy (non-hydrogen) atoms. The summed E-state index contributed by atoms with van der Waals surface area (Å²) in [6, 6.07) is 17.5. The number of H-pyrrole nitrogens is 1. The van der Waals surface area contributed by atoms with Gasteiger partial charge in [-0.3, -0.25) is 9.67 Å². The molecule has 2 N–H and O–H groups in total. The summed E-state index contributed by atoms with van der Waals surface area (Å²) in [7, 11) is 1.98. The van der Waals surface area contributed by atoms with Crippen molar-refractivity contribution in [3.8, 4) is 33.1 Å². The number of aromatic nitrogens is 5. The zero-order chi connectivity index (χ0) is 23.9. The van der Waals surface area contributed by atoms with Gasteiger partial charge >= 0.3 is 0 Å². The monoisotopic (exact) mass is 478 g/mol. The van der Waals surface area contributed by atoms with Crippen molar-refractivity contribution in [2.24, 2.45) is 7.05 Å². The molecule has 0 aliphatic carbocycles. The van der Waals surface area contributed by atoms with E-state index in [9.17, 15) is 0 Å². The molecule has 6 rings (SSSR count). The van der Waals surface area contributed by atoms with E-state index in [0.717, 1.165) is 57.0 Å². The molecule has 4 aromatic heterocycles. The third-order valence-electron chi connectivity index (χ3n) is 6.31. The van der Waals surface area contributed by atoms with Crippen LogP contribution in [0, 0.1) is 6.92 Å². The van der Waals surface area contributed by atoms with Gasteiger partial charge in [0.25, 0.3) is 0 Å². The van der Waals surface area contributed by atoms with Gasteiger partial charge in [0.1, 0.15) is 11.2 Å². The first kappa shape index (κ1) is 21.7. The molecule has 0 aliphatic rings. The number of hydrogen-bond donors (Lipinski definition) is 2. The number of hydrogen-bond acceptors (Lipinski definition) is 5. The largest absolute Gasteiger partial charge is 0.335 e. The Hall–Kier alpha value is -3.81. The maximum Gasteiger partial charge on any atom is 0.159 e. The molecule has 0 bridgehead atoms. The minimum Gasteiger partial charge on any atom is -0.335 e. The molecule has 0 spiro atoms. The van der Waals surface area contributed by atoms with E-state index >= 15 is 0 Å². The number of benzene rings is 2.